The molecule has 3 aromatic heterocycles. The topological polar surface area (TPSA) is 68.5 Å². The highest BCUT2D eigenvalue weighted by Crippen LogP contribution is 2.24. The SMILES string of the molecule is COc1cccc(CC(=O)NCCc2csc3nc(-c4cccs4)nn23)c1. The van der Waals surface area contributed by atoms with Gasteiger partial charge in [-0.05, 0) is 29.1 Å². The minimum atomic E-state index is -0.00686. The summed E-state index contributed by atoms with van der Waals surface area (Å²) in [6.07, 6.45) is 1.04. The van der Waals surface area contributed by atoms with E-state index in [-0.39, 0.29) is 5.91 Å². The number of hydrogen-bond donors (Lipinski definition) is 1. The van der Waals surface area contributed by atoms with Gasteiger partial charge in [0, 0.05) is 18.3 Å². The van der Waals surface area contributed by atoms with Gasteiger partial charge in [-0.15, -0.1) is 27.8 Å². The standard InChI is InChI=1S/C19H18N4O2S2/c1-25-15-5-2-4-13(10-15)11-17(24)20-8-7-14-12-27-19-21-18(22-23(14)19)16-6-3-9-26-16/h2-6,9-10,12H,7-8,11H2,1H3,(H,20,24). The maximum Gasteiger partial charge on any atom is 0.224 e. The molecule has 0 aliphatic rings. The van der Waals surface area contributed by atoms with Gasteiger partial charge in [-0.25, -0.2) is 4.52 Å². The van der Waals surface area contributed by atoms with Crippen molar-refractivity contribution >= 4 is 33.5 Å². The van der Waals surface area contributed by atoms with Gasteiger partial charge in [-0.2, -0.15) is 4.98 Å². The summed E-state index contributed by atoms with van der Waals surface area (Å²) >= 11 is 3.19. The van der Waals surface area contributed by atoms with Crippen LogP contribution >= 0.6 is 22.7 Å². The number of carbonyl (C=O) groups is 1. The maximum atomic E-state index is 12.2. The zero-order chi connectivity index (χ0) is 18.6. The molecule has 0 atom stereocenters. The lowest BCUT2D eigenvalue weighted by Crippen LogP contribution is -2.27. The summed E-state index contributed by atoms with van der Waals surface area (Å²) in [7, 11) is 1.62. The quantitative estimate of drug-likeness (QED) is 0.518. The van der Waals surface area contributed by atoms with Crippen molar-refractivity contribution in [2.45, 2.75) is 12.8 Å². The predicted molar refractivity (Wildman–Crippen MR) is 108 cm³/mol. The largest absolute Gasteiger partial charge is 0.497 e. The molecule has 4 rings (SSSR count). The van der Waals surface area contributed by atoms with Crippen LogP contribution in [0.4, 0.5) is 0 Å². The minimum absolute atomic E-state index is 0.00686. The van der Waals surface area contributed by atoms with E-state index >= 15 is 0 Å². The van der Waals surface area contributed by atoms with E-state index in [1.54, 1.807) is 29.8 Å². The molecule has 3 heterocycles. The normalized spacial score (nSPS) is 11.0. The van der Waals surface area contributed by atoms with Gasteiger partial charge in [-0.1, -0.05) is 18.2 Å². The van der Waals surface area contributed by atoms with Crippen LogP contribution in [0.25, 0.3) is 15.7 Å². The Morgan fingerprint density at radius 2 is 2.19 bits per heavy atom. The molecule has 6 nitrogen and oxygen atoms in total. The van der Waals surface area contributed by atoms with Crippen LogP contribution in [0.5, 0.6) is 5.75 Å². The highest BCUT2D eigenvalue weighted by Gasteiger charge is 2.12. The maximum absolute atomic E-state index is 12.2. The smallest absolute Gasteiger partial charge is 0.224 e. The lowest BCUT2D eigenvalue weighted by molar-refractivity contribution is -0.120. The third kappa shape index (κ3) is 4.01. The summed E-state index contributed by atoms with van der Waals surface area (Å²) in [4.78, 5) is 18.7. The van der Waals surface area contributed by atoms with Crippen molar-refractivity contribution in [1.82, 2.24) is 19.9 Å². The number of carbonyl (C=O) groups excluding carboxylic acids is 1. The van der Waals surface area contributed by atoms with Crippen LogP contribution in [-0.2, 0) is 17.6 Å². The molecule has 1 N–H and O–H groups in total. The number of rotatable bonds is 7. The van der Waals surface area contributed by atoms with Gasteiger partial charge in [0.25, 0.3) is 0 Å². The van der Waals surface area contributed by atoms with Gasteiger partial charge in [0.2, 0.25) is 10.9 Å². The Kier molecular flexibility index (Phi) is 5.17. The first-order valence-electron chi connectivity index (χ1n) is 8.49. The second-order valence-corrected chi connectivity index (χ2v) is 7.75. The number of benzene rings is 1. The van der Waals surface area contributed by atoms with Crippen LogP contribution in [0.15, 0.2) is 47.2 Å². The summed E-state index contributed by atoms with van der Waals surface area (Å²) < 4.78 is 7.06. The molecule has 1 amide bonds. The van der Waals surface area contributed by atoms with Gasteiger partial charge in [-0.3, -0.25) is 4.79 Å². The van der Waals surface area contributed by atoms with E-state index < -0.39 is 0 Å². The number of thiazole rings is 1. The summed E-state index contributed by atoms with van der Waals surface area (Å²) in [6.45, 7) is 0.558. The number of methoxy groups -OCH3 is 1. The van der Waals surface area contributed by atoms with Crippen LogP contribution in [0.2, 0.25) is 0 Å². The predicted octanol–water partition coefficient (Wildman–Crippen LogP) is 3.43. The average Bonchev–Trinajstić information content (AvgIpc) is 3.39. The second-order valence-electron chi connectivity index (χ2n) is 5.96. The van der Waals surface area contributed by atoms with Crippen molar-refractivity contribution in [3.05, 3.63) is 58.4 Å². The Morgan fingerprint density at radius 1 is 1.26 bits per heavy atom. The number of nitrogens with one attached hydrogen (secondary N) is 1. The summed E-state index contributed by atoms with van der Waals surface area (Å²) in [5.41, 5.74) is 1.98. The van der Waals surface area contributed by atoms with E-state index in [9.17, 15) is 4.79 Å². The van der Waals surface area contributed by atoms with Gasteiger partial charge >= 0.3 is 0 Å². The fourth-order valence-corrected chi connectivity index (χ4v) is 4.28. The van der Waals surface area contributed by atoms with E-state index in [4.69, 9.17) is 4.74 Å². The number of nitrogens with zero attached hydrogens (tertiary/aromatic N) is 3. The van der Waals surface area contributed by atoms with Crippen LogP contribution in [0, 0.1) is 0 Å². The number of fused-ring (bicyclic) bond motifs is 1. The molecule has 0 saturated carbocycles. The van der Waals surface area contributed by atoms with Crippen LogP contribution < -0.4 is 10.1 Å². The Hall–Kier alpha value is -2.71. The van der Waals surface area contributed by atoms with E-state index in [0.29, 0.717) is 19.4 Å². The first-order chi connectivity index (χ1) is 13.2. The molecule has 0 bridgehead atoms. The van der Waals surface area contributed by atoms with Crippen LogP contribution in [0.1, 0.15) is 11.3 Å². The lowest BCUT2D eigenvalue weighted by Gasteiger charge is -2.06. The van der Waals surface area contributed by atoms with E-state index in [0.717, 1.165) is 32.7 Å². The summed E-state index contributed by atoms with van der Waals surface area (Å²) in [6, 6.07) is 11.6. The Labute approximate surface area is 164 Å². The van der Waals surface area contributed by atoms with Crippen molar-refractivity contribution in [2.24, 2.45) is 0 Å². The summed E-state index contributed by atoms with van der Waals surface area (Å²) in [5.74, 6) is 1.50. The monoisotopic (exact) mass is 398 g/mol. The number of thiophene rings is 1. The number of ether oxygens (including phenoxy) is 1. The fourth-order valence-electron chi connectivity index (χ4n) is 2.77. The number of hydrogen-bond acceptors (Lipinski definition) is 6. The van der Waals surface area contributed by atoms with Crippen molar-refractivity contribution in [3.8, 4) is 16.5 Å². The number of aromatic nitrogens is 3. The molecular formula is C19H18N4O2S2. The molecule has 0 saturated heterocycles. The molecular weight excluding hydrogens is 380 g/mol. The molecule has 0 fully saturated rings. The molecule has 0 unspecified atom stereocenters. The molecule has 8 heteroatoms. The lowest BCUT2D eigenvalue weighted by atomic mass is 10.1. The van der Waals surface area contributed by atoms with Gasteiger partial charge < -0.3 is 10.1 Å². The van der Waals surface area contributed by atoms with Crippen molar-refractivity contribution in [3.63, 3.8) is 0 Å². The van der Waals surface area contributed by atoms with Crippen LogP contribution in [-0.4, -0.2) is 34.2 Å². The van der Waals surface area contributed by atoms with E-state index in [1.165, 1.54) is 0 Å². The zero-order valence-corrected chi connectivity index (χ0v) is 16.3. The Balaban J connectivity index is 1.35. The molecule has 1 aromatic carbocycles. The first-order valence-corrected chi connectivity index (χ1v) is 10.3. The number of amides is 1. The first kappa shape index (κ1) is 17.7. The molecule has 0 radical (unpaired) electrons. The molecule has 0 aliphatic carbocycles. The third-order valence-electron chi connectivity index (χ3n) is 4.09. The van der Waals surface area contributed by atoms with E-state index in [1.807, 2.05) is 51.7 Å². The average molecular weight is 399 g/mol. The molecule has 0 spiro atoms. The minimum Gasteiger partial charge on any atom is -0.497 e. The van der Waals surface area contributed by atoms with Crippen LogP contribution in [0.3, 0.4) is 0 Å². The molecule has 27 heavy (non-hydrogen) atoms. The van der Waals surface area contributed by atoms with Gasteiger partial charge in [0.1, 0.15) is 5.75 Å². The van der Waals surface area contributed by atoms with Crippen molar-refractivity contribution < 1.29 is 9.53 Å². The zero-order valence-electron chi connectivity index (χ0n) is 14.7. The summed E-state index contributed by atoms with van der Waals surface area (Å²) in [5, 5.41) is 11.6. The second kappa shape index (κ2) is 7.89. The molecule has 0 aliphatic heterocycles. The highest BCUT2D eigenvalue weighted by atomic mass is 32.1. The van der Waals surface area contributed by atoms with Gasteiger partial charge in [0.15, 0.2) is 5.82 Å². The third-order valence-corrected chi connectivity index (χ3v) is 5.82. The van der Waals surface area contributed by atoms with E-state index in [2.05, 4.69) is 15.4 Å². The Morgan fingerprint density at radius 3 is 3.00 bits per heavy atom. The van der Waals surface area contributed by atoms with Gasteiger partial charge in [0.05, 0.1) is 24.1 Å². The highest BCUT2D eigenvalue weighted by molar-refractivity contribution is 7.15. The molecule has 138 valence electrons. The fraction of sp³-hybridized carbons (Fsp3) is 0.211. The molecule has 4 aromatic rings. The Bertz CT molecular complexity index is 1050. The van der Waals surface area contributed by atoms with Crippen molar-refractivity contribution in [1.29, 1.82) is 0 Å². The van der Waals surface area contributed by atoms with Crippen molar-refractivity contribution in [2.75, 3.05) is 13.7 Å².